The molecule has 2 aromatic carbocycles. The Morgan fingerprint density at radius 3 is 2.05 bits per heavy atom. The molecule has 0 aliphatic heterocycles. The van der Waals surface area contributed by atoms with Gasteiger partial charge in [-0.2, -0.15) is 8.78 Å². The molecule has 0 heterocycles. The van der Waals surface area contributed by atoms with Gasteiger partial charge in [-0.15, -0.1) is 0 Å². The number of hydrogen-bond donors (Lipinski definition) is 1. The third-order valence-electron chi connectivity index (χ3n) is 2.85. The first-order valence-corrected chi connectivity index (χ1v) is 6.21. The minimum absolute atomic E-state index is 0.0417. The molecule has 0 spiro atoms. The van der Waals surface area contributed by atoms with Crippen LogP contribution in [0.5, 0.6) is 5.75 Å². The molecule has 0 aromatic heterocycles. The predicted molar refractivity (Wildman–Crippen MR) is 71.5 cm³/mol. The van der Waals surface area contributed by atoms with E-state index in [1.54, 1.807) is 19.1 Å². The smallest absolute Gasteiger partial charge is 0.387 e. The van der Waals surface area contributed by atoms with E-state index in [1.165, 1.54) is 24.3 Å². The Morgan fingerprint density at radius 1 is 0.952 bits per heavy atom. The molecule has 2 aromatic rings. The van der Waals surface area contributed by atoms with Crippen LogP contribution in [0.3, 0.4) is 0 Å². The van der Waals surface area contributed by atoms with E-state index in [-0.39, 0.29) is 11.8 Å². The molecule has 21 heavy (non-hydrogen) atoms. The SMILES string of the molecule is CC(Nc1ccc(OC(F)F)cc1)c1cc(F)cc(F)c1. The molecule has 0 fully saturated rings. The number of anilines is 1. The Labute approximate surface area is 119 Å². The fraction of sp³-hybridized carbons (Fsp3) is 0.200. The van der Waals surface area contributed by atoms with E-state index in [4.69, 9.17) is 0 Å². The van der Waals surface area contributed by atoms with Crippen LogP contribution in [0, 0.1) is 11.6 Å². The molecule has 0 saturated carbocycles. The normalized spacial score (nSPS) is 12.3. The van der Waals surface area contributed by atoms with Crippen LogP contribution in [0.2, 0.25) is 0 Å². The van der Waals surface area contributed by atoms with Crippen molar-refractivity contribution in [2.75, 3.05) is 5.32 Å². The molecular weight excluding hydrogens is 286 g/mol. The first-order valence-electron chi connectivity index (χ1n) is 6.21. The van der Waals surface area contributed by atoms with Crippen molar-refractivity contribution >= 4 is 5.69 Å². The van der Waals surface area contributed by atoms with E-state index in [2.05, 4.69) is 10.1 Å². The highest BCUT2D eigenvalue weighted by molar-refractivity contribution is 5.48. The summed E-state index contributed by atoms with van der Waals surface area (Å²) in [6.45, 7) is -1.14. The summed E-state index contributed by atoms with van der Waals surface area (Å²) in [6.07, 6.45) is 0. The number of nitrogens with one attached hydrogen (secondary N) is 1. The van der Waals surface area contributed by atoms with Gasteiger partial charge in [0.15, 0.2) is 0 Å². The van der Waals surface area contributed by atoms with Gasteiger partial charge in [0.25, 0.3) is 0 Å². The van der Waals surface area contributed by atoms with Crippen LogP contribution in [-0.2, 0) is 0 Å². The maximum atomic E-state index is 13.1. The molecule has 0 bridgehead atoms. The average Bonchev–Trinajstić information content (AvgIpc) is 2.39. The van der Waals surface area contributed by atoms with Crippen molar-refractivity contribution in [1.82, 2.24) is 0 Å². The Morgan fingerprint density at radius 2 is 1.52 bits per heavy atom. The summed E-state index contributed by atoms with van der Waals surface area (Å²) in [5, 5.41) is 3.02. The summed E-state index contributed by atoms with van der Waals surface area (Å²) < 4.78 is 54.6. The monoisotopic (exact) mass is 299 g/mol. The summed E-state index contributed by atoms with van der Waals surface area (Å²) in [7, 11) is 0. The van der Waals surface area contributed by atoms with Gasteiger partial charge in [0, 0.05) is 17.8 Å². The van der Waals surface area contributed by atoms with E-state index in [0.717, 1.165) is 6.07 Å². The topological polar surface area (TPSA) is 21.3 Å². The second-order valence-corrected chi connectivity index (χ2v) is 4.47. The Kier molecular flexibility index (Phi) is 4.67. The Balaban J connectivity index is 2.06. The molecule has 1 unspecified atom stereocenters. The van der Waals surface area contributed by atoms with Gasteiger partial charge in [-0.05, 0) is 48.9 Å². The molecule has 0 saturated heterocycles. The zero-order valence-electron chi connectivity index (χ0n) is 11.1. The minimum Gasteiger partial charge on any atom is -0.435 e. The molecule has 1 N–H and O–H groups in total. The standard InChI is InChI=1S/C15H13F4NO/c1-9(10-6-11(16)8-12(17)7-10)20-13-2-4-14(5-3-13)21-15(18)19/h2-9,15,20H,1H3. The van der Waals surface area contributed by atoms with Crippen LogP contribution in [0.15, 0.2) is 42.5 Å². The van der Waals surface area contributed by atoms with Gasteiger partial charge >= 0.3 is 6.61 Å². The molecular formula is C15H13F4NO. The zero-order valence-corrected chi connectivity index (χ0v) is 11.1. The van der Waals surface area contributed by atoms with Gasteiger partial charge in [0.2, 0.25) is 0 Å². The van der Waals surface area contributed by atoms with Crippen LogP contribution in [0.25, 0.3) is 0 Å². The van der Waals surface area contributed by atoms with E-state index in [9.17, 15) is 17.6 Å². The van der Waals surface area contributed by atoms with Gasteiger partial charge in [-0.3, -0.25) is 0 Å². The number of ether oxygens (including phenoxy) is 1. The van der Waals surface area contributed by atoms with Crippen LogP contribution in [0.4, 0.5) is 23.2 Å². The molecule has 0 aliphatic carbocycles. The van der Waals surface area contributed by atoms with Gasteiger partial charge in [0.1, 0.15) is 17.4 Å². The van der Waals surface area contributed by atoms with Crippen LogP contribution in [-0.4, -0.2) is 6.61 Å². The number of benzene rings is 2. The number of rotatable bonds is 5. The van der Waals surface area contributed by atoms with Crippen molar-refractivity contribution in [2.45, 2.75) is 19.6 Å². The predicted octanol–water partition coefficient (Wildman–Crippen LogP) is 4.74. The average molecular weight is 299 g/mol. The van der Waals surface area contributed by atoms with Crippen molar-refractivity contribution in [3.8, 4) is 5.75 Å². The summed E-state index contributed by atoms with van der Waals surface area (Å²) >= 11 is 0. The number of alkyl halides is 2. The van der Waals surface area contributed by atoms with E-state index < -0.39 is 18.2 Å². The van der Waals surface area contributed by atoms with Gasteiger partial charge < -0.3 is 10.1 Å². The van der Waals surface area contributed by atoms with E-state index in [0.29, 0.717) is 11.3 Å². The largest absolute Gasteiger partial charge is 0.435 e. The summed E-state index contributed by atoms with van der Waals surface area (Å²) in [4.78, 5) is 0. The zero-order chi connectivity index (χ0) is 15.4. The van der Waals surface area contributed by atoms with Gasteiger partial charge in [-0.1, -0.05) is 0 Å². The Bertz CT molecular complexity index is 581. The minimum atomic E-state index is -2.88. The van der Waals surface area contributed by atoms with E-state index in [1.807, 2.05) is 0 Å². The third-order valence-corrected chi connectivity index (χ3v) is 2.85. The van der Waals surface area contributed by atoms with Crippen molar-refractivity contribution in [2.24, 2.45) is 0 Å². The first-order chi connectivity index (χ1) is 9.94. The molecule has 1 atom stereocenters. The fourth-order valence-corrected chi connectivity index (χ4v) is 1.89. The third kappa shape index (κ3) is 4.37. The maximum Gasteiger partial charge on any atom is 0.387 e. The summed E-state index contributed by atoms with van der Waals surface area (Å²) in [5.41, 5.74) is 1.06. The quantitative estimate of drug-likeness (QED) is 0.805. The lowest BCUT2D eigenvalue weighted by molar-refractivity contribution is -0.0498. The first kappa shape index (κ1) is 15.2. The number of halogens is 4. The van der Waals surface area contributed by atoms with Gasteiger partial charge in [-0.25, -0.2) is 8.78 Å². The van der Waals surface area contributed by atoms with Crippen molar-refractivity contribution < 1.29 is 22.3 Å². The highest BCUT2D eigenvalue weighted by Gasteiger charge is 2.09. The molecule has 2 nitrogen and oxygen atoms in total. The molecule has 0 radical (unpaired) electrons. The highest BCUT2D eigenvalue weighted by Crippen LogP contribution is 2.23. The maximum absolute atomic E-state index is 13.1. The molecule has 0 aliphatic rings. The van der Waals surface area contributed by atoms with Crippen molar-refractivity contribution in [1.29, 1.82) is 0 Å². The fourth-order valence-electron chi connectivity index (χ4n) is 1.89. The molecule has 2 rings (SSSR count). The summed E-state index contributed by atoms with van der Waals surface area (Å²) in [5.74, 6) is -1.27. The van der Waals surface area contributed by atoms with Crippen LogP contribution < -0.4 is 10.1 Å². The molecule has 0 amide bonds. The van der Waals surface area contributed by atoms with Crippen LogP contribution in [0.1, 0.15) is 18.5 Å². The summed E-state index contributed by atoms with van der Waals surface area (Å²) in [6, 6.07) is 8.77. The Hall–Kier alpha value is -2.24. The lowest BCUT2D eigenvalue weighted by atomic mass is 10.1. The lowest BCUT2D eigenvalue weighted by Crippen LogP contribution is -2.07. The van der Waals surface area contributed by atoms with Gasteiger partial charge in [0.05, 0.1) is 0 Å². The van der Waals surface area contributed by atoms with E-state index >= 15 is 0 Å². The van der Waals surface area contributed by atoms with Crippen molar-refractivity contribution in [3.05, 3.63) is 59.7 Å². The molecule has 6 heteroatoms. The lowest BCUT2D eigenvalue weighted by Gasteiger charge is -2.16. The van der Waals surface area contributed by atoms with Crippen LogP contribution >= 0.6 is 0 Å². The highest BCUT2D eigenvalue weighted by atomic mass is 19.3. The van der Waals surface area contributed by atoms with Crippen molar-refractivity contribution in [3.63, 3.8) is 0 Å². The molecule has 112 valence electrons. The number of hydrogen-bond acceptors (Lipinski definition) is 2. The second kappa shape index (κ2) is 6.47. The second-order valence-electron chi connectivity index (χ2n) is 4.47.